The van der Waals surface area contributed by atoms with Crippen LogP contribution >= 0.6 is 10.5 Å². The van der Waals surface area contributed by atoms with E-state index < -0.39 is 0 Å². The van der Waals surface area contributed by atoms with Gasteiger partial charge < -0.3 is 16.6 Å². The first-order chi connectivity index (χ1) is 8.61. The fourth-order valence-electron chi connectivity index (χ4n) is 1.84. The SMILES string of the molecule is C=S1CC(c2cc(N)ccc2N)=CC1=NCCO. The van der Waals surface area contributed by atoms with Gasteiger partial charge in [-0.25, -0.2) is 0 Å². The topological polar surface area (TPSA) is 84.6 Å². The quantitative estimate of drug-likeness (QED) is 0.568. The first kappa shape index (κ1) is 12.9. The molecule has 2 rings (SSSR count). The van der Waals surface area contributed by atoms with Crippen molar-refractivity contribution < 1.29 is 5.11 Å². The number of rotatable bonds is 3. The monoisotopic (exact) mass is 263 g/mol. The molecule has 0 aromatic heterocycles. The molecule has 0 amide bonds. The molecule has 0 bridgehead atoms. The number of nitrogens with two attached hydrogens (primary N) is 2. The Labute approximate surface area is 109 Å². The van der Waals surface area contributed by atoms with Crippen molar-refractivity contribution in [3.8, 4) is 0 Å². The largest absolute Gasteiger partial charge is 0.399 e. The Morgan fingerprint density at radius 3 is 2.89 bits per heavy atom. The zero-order valence-corrected chi connectivity index (χ0v) is 10.9. The van der Waals surface area contributed by atoms with Crippen LogP contribution in [0.25, 0.3) is 5.57 Å². The summed E-state index contributed by atoms with van der Waals surface area (Å²) < 4.78 is 0. The molecule has 0 radical (unpaired) electrons. The van der Waals surface area contributed by atoms with Gasteiger partial charge in [-0.2, -0.15) is 0 Å². The summed E-state index contributed by atoms with van der Waals surface area (Å²) in [6, 6.07) is 5.49. The van der Waals surface area contributed by atoms with Gasteiger partial charge >= 0.3 is 0 Å². The zero-order chi connectivity index (χ0) is 13.1. The first-order valence-corrected chi connectivity index (χ1v) is 7.20. The average Bonchev–Trinajstić information content (AvgIpc) is 2.71. The Hall–Kier alpha value is -1.59. The van der Waals surface area contributed by atoms with Gasteiger partial charge in [-0.1, -0.05) is 5.87 Å². The number of hydrogen-bond acceptors (Lipinski definition) is 4. The maximum absolute atomic E-state index is 8.79. The lowest BCUT2D eigenvalue weighted by Gasteiger charge is -2.07. The highest BCUT2D eigenvalue weighted by Gasteiger charge is 2.17. The van der Waals surface area contributed by atoms with E-state index in [-0.39, 0.29) is 17.1 Å². The van der Waals surface area contributed by atoms with Gasteiger partial charge in [0.2, 0.25) is 0 Å². The van der Waals surface area contributed by atoms with Crippen molar-refractivity contribution in [3.05, 3.63) is 29.8 Å². The van der Waals surface area contributed by atoms with Gasteiger partial charge in [-0.3, -0.25) is 4.99 Å². The van der Waals surface area contributed by atoms with Crippen LogP contribution in [0.3, 0.4) is 0 Å². The van der Waals surface area contributed by atoms with Crippen molar-refractivity contribution in [2.75, 3.05) is 30.4 Å². The van der Waals surface area contributed by atoms with Crippen molar-refractivity contribution in [1.82, 2.24) is 0 Å². The molecule has 4 nitrogen and oxygen atoms in total. The minimum Gasteiger partial charge on any atom is -0.399 e. The Balaban J connectivity index is 2.35. The second kappa shape index (κ2) is 5.37. The molecular weight excluding hydrogens is 246 g/mol. The maximum Gasteiger partial charge on any atom is 0.0852 e. The van der Waals surface area contributed by atoms with Gasteiger partial charge in [0.15, 0.2) is 0 Å². The minimum absolute atomic E-state index is 0.0598. The van der Waals surface area contributed by atoms with Gasteiger partial charge in [0, 0.05) is 22.7 Å². The summed E-state index contributed by atoms with van der Waals surface area (Å²) >= 11 is 0. The Kier molecular flexibility index (Phi) is 3.84. The van der Waals surface area contributed by atoms with Gasteiger partial charge in [-0.05, 0) is 29.8 Å². The van der Waals surface area contributed by atoms with Crippen LogP contribution in [-0.2, 0) is 0 Å². The summed E-state index contributed by atoms with van der Waals surface area (Å²) in [7, 11) is -0.158. The van der Waals surface area contributed by atoms with Crippen molar-refractivity contribution in [3.63, 3.8) is 0 Å². The van der Waals surface area contributed by atoms with Crippen molar-refractivity contribution in [2.24, 2.45) is 4.99 Å². The standard InChI is InChI=1S/C13H17N3OS/c1-18-8-9(6-13(18)16-4-5-17)11-7-10(14)2-3-12(11)15/h2-3,6-7,17H,1,4-5,8,14-15H2. The Bertz CT molecular complexity index is 549. The third-order valence-corrected chi connectivity index (χ3v) is 4.21. The number of nitrogen functional groups attached to an aromatic ring is 2. The molecule has 1 aromatic rings. The molecule has 0 saturated carbocycles. The molecule has 0 fully saturated rings. The fraction of sp³-hybridized carbons (Fsp3) is 0.231. The van der Waals surface area contributed by atoms with Crippen molar-refractivity contribution in [1.29, 1.82) is 0 Å². The molecule has 5 heteroatoms. The number of hydrogen-bond donors (Lipinski definition) is 3. The highest BCUT2D eigenvalue weighted by molar-refractivity contribution is 8.28. The minimum atomic E-state index is -0.158. The van der Waals surface area contributed by atoms with Crippen molar-refractivity contribution >= 4 is 38.3 Å². The number of aliphatic hydroxyl groups excluding tert-OH is 1. The molecule has 1 atom stereocenters. The summed E-state index contributed by atoms with van der Waals surface area (Å²) in [6.45, 7) is 0.481. The Morgan fingerprint density at radius 2 is 2.17 bits per heavy atom. The number of benzene rings is 1. The van der Waals surface area contributed by atoms with Crippen LogP contribution in [0.5, 0.6) is 0 Å². The third-order valence-electron chi connectivity index (χ3n) is 2.71. The van der Waals surface area contributed by atoms with Crippen LogP contribution < -0.4 is 11.5 Å². The lowest BCUT2D eigenvalue weighted by molar-refractivity contribution is 0.307. The molecule has 1 unspecified atom stereocenters. The molecule has 1 aliphatic heterocycles. The van der Waals surface area contributed by atoms with E-state index in [9.17, 15) is 0 Å². The number of aliphatic hydroxyl groups is 1. The third kappa shape index (κ3) is 2.63. The van der Waals surface area contributed by atoms with E-state index in [1.807, 2.05) is 18.2 Å². The average molecular weight is 263 g/mol. The maximum atomic E-state index is 8.79. The predicted octanol–water partition coefficient (Wildman–Crippen LogP) is 1.34. The summed E-state index contributed by atoms with van der Waals surface area (Å²) in [5.74, 6) is 4.92. The number of nitrogens with zero attached hydrogens (tertiary/aromatic N) is 1. The molecule has 18 heavy (non-hydrogen) atoms. The molecule has 1 aliphatic rings. The van der Waals surface area contributed by atoms with Crippen LogP contribution in [0, 0.1) is 0 Å². The molecular formula is C13H17N3OS. The van der Waals surface area contributed by atoms with E-state index in [4.69, 9.17) is 16.6 Å². The first-order valence-electron chi connectivity index (χ1n) is 5.63. The van der Waals surface area contributed by atoms with Crippen molar-refractivity contribution in [2.45, 2.75) is 0 Å². The van der Waals surface area contributed by atoms with Gasteiger partial charge in [0.1, 0.15) is 0 Å². The Morgan fingerprint density at radius 1 is 1.39 bits per heavy atom. The molecule has 5 N–H and O–H groups in total. The van der Waals surface area contributed by atoms with E-state index in [2.05, 4.69) is 10.9 Å². The molecule has 0 aliphatic carbocycles. The molecule has 0 saturated heterocycles. The second-order valence-electron chi connectivity index (χ2n) is 4.10. The van der Waals surface area contributed by atoms with Crippen LogP contribution in [0.2, 0.25) is 0 Å². The smallest absolute Gasteiger partial charge is 0.0852 e. The highest BCUT2D eigenvalue weighted by atomic mass is 32.2. The fourth-order valence-corrected chi connectivity index (χ4v) is 3.19. The van der Waals surface area contributed by atoms with Gasteiger partial charge in [0.25, 0.3) is 0 Å². The predicted molar refractivity (Wildman–Crippen MR) is 82.2 cm³/mol. The number of aliphatic imine (C=N–C) groups is 1. The number of anilines is 2. The van der Waals surface area contributed by atoms with Crippen LogP contribution in [-0.4, -0.2) is 34.9 Å². The summed E-state index contributed by atoms with van der Waals surface area (Å²) in [6.07, 6.45) is 2.01. The summed E-state index contributed by atoms with van der Waals surface area (Å²) in [4.78, 5) is 4.32. The lowest BCUT2D eigenvalue weighted by atomic mass is 10.0. The zero-order valence-electron chi connectivity index (χ0n) is 10.1. The van der Waals surface area contributed by atoms with E-state index in [1.54, 1.807) is 6.07 Å². The summed E-state index contributed by atoms with van der Waals surface area (Å²) in [5.41, 5.74) is 15.3. The van der Waals surface area contributed by atoms with Crippen LogP contribution in [0.1, 0.15) is 5.56 Å². The molecule has 0 spiro atoms. The van der Waals surface area contributed by atoms with Crippen LogP contribution in [0.4, 0.5) is 11.4 Å². The lowest BCUT2D eigenvalue weighted by Crippen LogP contribution is -1.96. The molecule has 96 valence electrons. The van der Waals surface area contributed by atoms with E-state index in [1.165, 1.54) is 0 Å². The molecule has 1 heterocycles. The van der Waals surface area contributed by atoms with E-state index in [0.717, 1.165) is 27.6 Å². The summed E-state index contributed by atoms with van der Waals surface area (Å²) in [5, 5.41) is 9.74. The van der Waals surface area contributed by atoms with Crippen LogP contribution in [0.15, 0.2) is 29.3 Å². The van der Waals surface area contributed by atoms with Gasteiger partial charge in [-0.15, -0.1) is 10.5 Å². The highest BCUT2D eigenvalue weighted by Crippen LogP contribution is 2.35. The van der Waals surface area contributed by atoms with Gasteiger partial charge in [0.05, 0.1) is 18.2 Å². The van der Waals surface area contributed by atoms with E-state index >= 15 is 0 Å². The normalized spacial score (nSPS) is 21.3. The van der Waals surface area contributed by atoms with E-state index in [0.29, 0.717) is 12.2 Å². The molecule has 1 aromatic carbocycles. The second-order valence-corrected chi connectivity index (χ2v) is 5.79.